The SMILES string of the molecule is CC(C)(C)OC(=O)c1ccc(-c2[c]ccc(C(C)(C)C)c2-c2ccc(C(=O)OC(C)(C)C)cc2)cc1. The van der Waals surface area contributed by atoms with Gasteiger partial charge in [-0.1, -0.05) is 57.2 Å². The molecule has 1 radical (unpaired) electrons. The summed E-state index contributed by atoms with van der Waals surface area (Å²) < 4.78 is 11.0. The van der Waals surface area contributed by atoms with Crippen LogP contribution in [0, 0.1) is 6.07 Å². The van der Waals surface area contributed by atoms with E-state index in [-0.39, 0.29) is 17.4 Å². The van der Waals surface area contributed by atoms with Gasteiger partial charge in [-0.3, -0.25) is 0 Å². The summed E-state index contributed by atoms with van der Waals surface area (Å²) in [7, 11) is 0. The van der Waals surface area contributed by atoms with Crippen LogP contribution < -0.4 is 0 Å². The molecule has 0 saturated heterocycles. The van der Waals surface area contributed by atoms with E-state index in [1.165, 1.54) is 0 Å². The topological polar surface area (TPSA) is 52.6 Å². The lowest BCUT2D eigenvalue weighted by atomic mass is 9.78. The molecule has 3 aromatic carbocycles. The molecule has 36 heavy (non-hydrogen) atoms. The Morgan fingerprint density at radius 1 is 0.611 bits per heavy atom. The number of hydrogen-bond acceptors (Lipinski definition) is 4. The second-order valence-corrected chi connectivity index (χ2v) is 12.0. The first-order chi connectivity index (χ1) is 16.5. The van der Waals surface area contributed by atoms with Crippen molar-refractivity contribution < 1.29 is 19.1 Å². The lowest BCUT2D eigenvalue weighted by Gasteiger charge is -2.26. The zero-order valence-electron chi connectivity index (χ0n) is 22.9. The molecule has 4 nitrogen and oxygen atoms in total. The number of carbonyl (C=O) groups is 2. The fraction of sp³-hybridized carbons (Fsp3) is 0.375. The first-order valence-corrected chi connectivity index (χ1v) is 12.3. The van der Waals surface area contributed by atoms with E-state index < -0.39 is 11.2 Å². The molecule has 0 unspecified atom stereocenters. The Labute approximate surface area is 215 Å². The summed E-state index contributed by atoms with van der Waals surface area (Å²) in [6.45, 7) is 17.7. The molecule has 0 saturated carbocycles. The van der Waals surface area contributed by atoms with Gasteiger partial charge in [0.2, 0.25) is 0 Å². The highest BCUT2D eigenvalue weighted by molar-refractivity contribution is 5.93. The van der Waals surface area contributed by atoms with Crippen molar-refractivity contribution in [3.63, 3.8) is 0 Å². The zero-order chi connectivity index (χ0) is 26.9. The standard InChI is InChI=1S/C32H37O4/c1-30(2,3)26-12-10-11-25(21-13-17-23(18-14-21)28(33)35-31(4,5)6)27(26)22-15-19-24(20-16-22)29(34)36-32(7,8)9/h10,12-20H,1-9H3. The maximum absolute atomic E-state index is 12.5. The molecule has 0 N–H and O–H groups in total. The number of ether oxygens (including phenoxy) is 2. The molecular formula is C32H37O4. The minimum Gasteiger partial charge on any atom is -0.456 e. The van der Waals surface area contributed by atoms with Crippen molar-refractivity contribution in [3.05, 3.63) is 83.4 Å². The monoisotopic (exact) mass is 485 g/mol. The van der Waals surface area contributed by atoms with E-state index in [0.717, 1.165) is 27.8 Å². The second-order valence-electron chi connectivity index (χ2n) is 12.0. The molecule has 0 aliphatic heterocycles. The number of esters is 2. The predicted octanol–water partition coefficient (Wildman–Crippen LogP) is 8.03. The molecule has 4 heteroatoms. The first kappa shape index (κ1) is 27.2. The van der Waals surface area contributed by atoms with E-state index in [4.69, 9.17) is 9.47 Å². The molecule has 3 rings (SSSR count). The Hall–Kier alpha value is -3.40. The van der Waals surface area contributed by atoms with Gasteiger partial charge in [-0.25, -0.2) is 9.59 Å². The summed E-state index contributed by atoms with van der Waals surface area (Å²) in [5.41, 5.74) is 4.85. The molecule has 0 heterocycles. The Morgan fingerprint density at radius 3 is 1.42 bits per heavy atom. The second kappa shape index (κ2) is 9.93. The minimum absolute atomic E-state index is 0.126. The molecule has 0 amide bonds. The van der Waals surface area contributed by atoms with Gasteiger partial charge in [0.05, 0.1) is 11.1 Å². The van der Waals surface area contributed by atoms with Crippen LogP contribution in [0.5, 0.6) is 0 Å². The molecule has 0 atom stereocenters. The van der Waals surface area contributed by atoms with Crippen molar-refractivity contribution in [1.82, 2.24) is 0 Å². The summed E-state index contributed by atoms with van der Waals surface area (Å²) in [4.78, 5) is 25.0. The number of benzene rings is 3. The van der Waals surface area contributed by atoms with Crippen molar-refractivity contribution in [2.24, 2.45) is 0 Å². The van der Waals surface area contributed by atoms with Gasteiger partial charge in [0, 0.05) is 0 Å². The fourth-order valence-corrected chi connectivity index (χ4v) is 3.87. The summed E-state index contributed by atoms with van der Waals surface area (Å²) >= 11 is 0. The molecule has 0 aromatic heterocycles. The molecule has 0 aliphatic carbocycles. The van der Waals surface area contributed by atoms with Crippen LogP contribution in [0.15, 0.2) is 60.7 Å². The van der Waals surface area contributed by atoms with E-state index in [0.29, 0.717) is 11.1 Å². The van der Waals surface area contributed by atoms with Crippen molar-refractivity contribution in [1.29, 1.82) is 0 Å². The lowest BCUT2D eigenvalue weighted by molar-refractivity contribution is 0.00570. The van der Waals surface area contributed by atoms with Crippen LogP contribution in [0.2, 0.25) is 0 Å². The fourth-order valence-electron chi connectivity index (χ4n) is 3.87. The van der Waals surface area contributed by atoms with Crippen LogP contribution in [-0.2, 0) is 14.9 Å². The van der Waals surface area contributed by atoms with E-state index in [9.17, 15) is 9.59 Å². The molecule has 0 spiro atoms. The van der Waals surface area contributed by atoms with Crippen molar-refractivity contribution >= 4 is 11.9 Å². The molecule has 189 valence electrons. The third-order valence-corrected chi connectivity index (χ3v) is 5.42. The van der Waals surface area contributed by atoms with Crippen LogP contribution in [0.1, 0.15) is 88.6 Å². The summed E-state index contributed by atoms with van der Waals surface area (Å²) in [6, 6.07) is 22.4. The van der Waals surface area contributed by atoms with E-state index >= 15 is 0 Å². The van der Waals surface area contributed by atoms with Gasteiger partial charge < -0.3 is 9.47 Å². The van der Waals surface area contributed by atoms with Gasteiger partial charge in [0.15, 0.2) is 0 Å². The predicted molar refractivity (Wildman–Crippen MR) is 145 cm³/mol. The Kier molecular flexibility index (Phi) is 7.50. The van der Waals surface area contributed by atoms with Gasteiger partial charge in [-0.2, -0.15) is 0 Å². The average Bonchev–Trinajstić information content (AvgIpc) is 2.76. The lowest BCUT2D eigenvalue weighted by Crippen LogP contribution is -2.23. The summed E-state index contributed by atoms with van der Waals surface area (Å²) in [5.74, 6) is -0.692. The smallest absolute Gasteiger partial charge is 0.338 e. The van der Waals surface area contributed by atoms with Crippen LogP contribution in [0.25, 0.3) is 22.3 Å². The quantitative estimate of drug-likeness (QED) is 0.351. The molecule has 0 bridgehead atoms. The van der Waals surface area contributed by atoms with Crippen LogP contribution in [0.4, 0.5) is 0 Å². The Bertz CT molecular complexity index is 1230. The molecule has 0 aliphatic rings. The maximum Gasteiger partial charge on any atom is 0.338 e. The van der Waals surface area contributed by atoms with Gasteiger partial charge in [0.1, 0.15) is 11.2 Å². The van der Waals surface area contributed by atoms with Gasteiger partial charge in [-0.15, -0.1) is 0 Å². The van der Waals surface area contributed by atoms with Crippen LogP contribution in [-0.4, -0.2) is 23.1 Å². The Morgan fingerprint density at radius 2 is 1.03 bits per heavy atom. The normalized spacial score (nSPS) is 12.2. The van der Waals surface area contributed by atoms with Gasteiger partial charge in [-0.05, 0) is 105 Å². The minimum atomic E-state index is -0.553. The van der Waals surface area contributed by atoms with E-state index in [2.05, 4.69) is 32.9 Å². The Balaban J connectivity index is 2.06. The molecule has 3 aromatic rings. The number of carbonyl (C=O) groups excluding carboxylic acids is 2. The third-order valence-electron chi connectivity index (χ3n) is 5.42. The van der Waals surface area contributed by atoms with E-state index in [1.807, 2.05) is 71.9 Å². The largest absolute Gasteiger partial charge is 0.456 e. The molecular weight excluding hydrogens is 448 g/mol. The van der Waals surface area contributed by atoms with Crippen LogP contribution >= 0.6 is 0 Å². The highest BCUT2D eigenvalue weighted by Crippen LogP contribution is 2.40. The van der Waals surface area contributed by atoms with Crippen molar-refractivity contribution in [2.75, 3.05) is 0 Å². The highest BCUT2D eigenvalue weighted by Gasteiger charge is 2.24. The number of rotatable bonds is 4. The van der Waals surface area contributed by atoms with Crippen molar-refractivity contribution in [2.45, 2.75) is 78.9 Å². The maximum atomic E-state index is 12.5. The highest BCUT2D eigenvalue weighted by atomic mass is 16.6. The molecule has 0 fully saturated rings. The average molecular weight is 486 g/mol. The van der Waals surface area contributed by atoms with Gasteiger partial charge >= 0.3 is 11.9 Å². The van der Waals surface area contributed by atoms with Gasteiger partial charge in [0.25, 0.3) is 0 Å². The van der Waals surface area contributed by atoms with E-state index in [1.54, 1.807) is 24.3 Å². The third kappa shape index (κ3) is 6.84. The zero-order valence-corrected chi connectivity index (χ0v) is 22.9. The first-order valence-electron chi connectivity index (χ1n) is 12.3. The number of hydrogen-bond donors (Lipinski definition) is 0. The summed E-state index contributed by atoms with van der Waals surface area (Å²) in [5, 5.41) is 0. The summed E-state index contributed by atoms with van der Waals surface area (Å²) in [6.07, 6.45) is 0. The van der Waals surface area contributed by atoms with Crippen molar-refractivity contribution in [3.8, 4) is 22.3 Å². The van der Waals surface area contributed by atoms with Crippen LogP contribution in [0.3, 0.4) is 0 Å².